The van der Waals surface area contributed by atoms with Gasteiger partial charge in [0.15, 0.2) is 0 Å². The van der Waals surface area contributed by atoms with Crippen LogP contribution in [0, 0.1) is 5.82 Å². The Labute approximate surface area is 161 Å². The molecule has 3 amide bonds. The van der Waals surface area contributed by atoms with Crippen LogP contribution in [0.2, 0.25) is 5.02 Å². The zero-order chi connectivity index (χ0) is 19.8. The van der Waals surface area contributed by atoms with Crippen LogP contribution in [-0.2, 0) is 4.79 Å². The van der Waals surface area contributed by atoms with Crippen LogP contribution < -0.4 is 21.0 Å². The van der Waals surface area contributed by atoms with E-state index in [4.69, 9.17) is 11.6 Å². The first-order chi connectivity index (χ1) is 12.8. The van der Waals surface area contributed by atoms with Gasteiger partial charge in [0.05, 0.1) is 11.2 Å². The minimum absolute atomic E-state index is 0.280. The molecule has 0 aliphatic carbocycles. The Hall–Kier alpha value is -3.13. The second kappa shape index (κ2) is 9.54. The summed E-state index contributed by atoms with van der Waals surface area (Å²) in [5.41, 5.74) is 4.28. The number of hydrogen-bond donors (Lipinski definition) is 3. The van der Waals surface area contributed by atoms with E-state index in [2.05, 4.69) is 21.2 Å². The van der Waals surface area contributed by atoms with Crippen LogP contribution in [0.4, 0.5) is 20.6 Å². The van der Waals surface area contributed by atoms with Crippen LogP contribution in [0.15, 0.2) is 47.6 Å². The Bertz CT molecular complexity index is 840. The summed E-state index contributed by atoms with van der Waals surface area (Å²) in [5.74, 6) is -0.920. The molecule has 2 aromatic rings. The lowest BCUT2D eigenvalue weighted by Crippen LogP contribution is -2.37. The van der Waals surface area contributed by atoms with Gasteiger partial charge in [0, 0.05) is 31.0 Å². The lowest BCUT2D eigenvalue weighted by atomic mass is 10.2. The molecule has 142 valence electrons. The van der Waals surface area contributed by atoms with Crippen molar-refractivity contribution in [3.63, 3.8) is 0 Å². The van der Waals surface area contributed by atoms with Gasteiger partial charge in [-0.15, -0.1) is 0 Å². The van der Waals surface area contributed by atoms with Crippen LogP contribution >= 0.6 is 11.6 Å². The maximum Gasteiger partial charge on any atom is 0.319 e. The SMILES string of the molecule is CN(C)c1ccc(/C=N\NC(=O)CNC(=O)Nc2ccc(F)cc2)c(Cl)c1. The van der Waals surface area contributed by atoms with Crippen molar-refractivity contribution < 1.29 is 14.0 Å². The van der Waals surface area contributed by atoms with Crippen LogP contribution in [0.25, 0.3) is 0 Å². The molecule has 0 aromatic heterocycles. The second-order valence-electron chi connectivity index (χ2n) is 5.71. The van der Waals surface area contributed by atoms with Crippen LogP contribution in [-0.4, -0.2) is 38.8 Å². The lowest BCUT2D eigenvalue weighted by Gasteiger charge is -2.13. The van der Waals surface area contributed by atoms with Gasteiger partial charge >= 0.3 is 6.03 Å². The van der Waals surface area contributed by atoms with Crippen molar-refractivity contribution in [1.82, 2.24) is 10.7 Å². The number of nitrogens with one attached hydrogen (secondary N) is 3. The zero-order valence-corrected chi connectivity index (χ0v) is 15.5. The fourth-order valence-corrected chi connectivity index (χ4v) is 2.20. The molecule has 7 nitrogen and oxygen atoms in total. The number of anilines is 2. The normalized spacial score (nSPS) is 10.5. The molecule has 0 aliphatic rings. The number of hydrazone groups is 1. The van der Waals surface area contributed by atoms with Crippen molar-refractivity contribution >= 4 is 41.1 Å². The van der Waals surface area contributed by atoms with Crippen molar-refractivity contribution in [3.8, 4) is 0 Å². The van der Waals surface area contributed by atoms with E-state index in [9.17, 15) is 14.0 Å². The number of nitrogens with zero attached hydrogens (tertiary/aromatic N) is 2. The molecule has 27 heavy (non-hydrogen) atoms. The van der Waals surface area contributed by atoms with E-state index in [1.165, 1.54) is 30.5 Å². The van der Waals surface area contributed by atoms with E-state index < -0.39 is 17.8 Å². The molecule has 0 heterocycles. The molecular weight excluding hydrogens is 373 g/mol. The van der Waals surface area contributed by atoms with Gasteiger partial charge in [-0.3, -0.25) is 4.79 Å². The minimum Gasteiger partial charge on any atom is -0.378 e. The zero-order valence-electron chi connectivity index (χ0n) is 14.8. The van der Waals surface area contributed by atoms with Gasteiger partial charge in [-0.25, -0.2) is 14.6 Å². The highest BCUT2D eigenvalue weighted by Gasteiger charge is 2.05. The summed E-state index contributed by atoms with van der Waals surface area (Å²) in [5, 5.41) is 9.14. The Kier molecular flexibility index (Phi) is 7.13. The third-order valence-corrected chi connectivity index (χ3v) is 3.73. The highest BCUT2D eigenvalue weighted by atomic mass is 35.5. The van der Waals surface area contributed by atoms with Crippen molar-refractivity contribution in [2.75, 3.05) is 30.9 Å². The standard InChI is InChI=1S/C18H19ClFN5O2/c1-25(2)15-8-3-12(16(19)9-15)10-22-24-17(26)11-21-18(27)23-14-6-4-13(20)5-7-14/h3-10H,11H2,1-2H3,(H,24,26)(H2,21,23,27)/b22-10-. The largest absolute Gasteiger partial charge is 0.378 e. The highest BCUT2D eigenvalue weighted by molar-refractivity contribution is 6.33. The number of amides is 3. The Balaban J connectivity index is 1.78. The van der Waals surface area contributed by atoms with Crippen molar-refractivity contribution in [2.45, 2.75) is 0 Å². The van der Waals surface area contributed by atoms with Crippen LogP contribution in [0.3, 0.4) is 0 Å². The molecular formula is C18H19ClFN5O2. The fourth-order valence-electron chi connectivity index (χ4n) is 1.98. The quantitative estimate of drug-likeness (QED) is 0.523. The molecule has 0 aliphatic heterocycles. The Morgan fingerprint density at radius 1 is 1.19 bits per heavy atom. The maximum atomic E-state index is 12.8. The average Bonchev–Trinajstić information content (AvgIpc) is 2.63. The van der Waals surface area contributed by atoms with Gasteiger partial charge < -0.3 is 15.5 Å². The smallest absolute Gasteiger partial charge is 0.319 e. The van der Waals surface area contributed by atoms with E-state index in [1.807, 2.05) is 25.1 Å². The van der Waals surface area contributed by atoms with Gasteiger partial charge in [0.2, 0.25) is 0 Å². The average molecular weight is 392 g/mol. The highest BCUT2D eigenvalue weighted by Crippen LogP contribution is 2.21. The molecule has 2 aromatic carbocycles. The van der Waals surface area contributed by atoms with E-state index >= 15 is 0 Å². The first-order valence-electron chi connectivity index (χ1n) is 7.94. The summed E-state index contributed by atoms with van der Waals surface area (Å²) in [6, 6.07) is 10.1. The third-order valence-electron chi connectivity index (χ3n) is 3.40. The summed E-state index contributed by atoms with van der Waals surface area (Å²) >= 11 is 6.16. The molecule has 0 fully saturated rings. The number of hydrogen-bond acceptors (Lipinski definition) is 4. The molecule has 0 spiro atoms. The summed E-state index contributed by atoms with van der Waals surface area (Å²) in [6.45, 7) is -0.280. The molecule has 0 saturated carbocycles. The topological polar surface area (TPSA) is 85.8 Å². The molecule has 0 atom stereocenters. The Morgan fingerprint density at radius 3 is 2.52 bits per heavy atom. The second-order valence-corrected chi connectivity index (χ2v) is 6.12. The fraction of sp³-hybridized carbons (Fsp3) is 0.167. The number of rotatable bonds is 6. The molecule has 2 rings (SSSR count). The Morgan fingerprint density at radius 2 is 1.89 bits per heavy atom. The summed E-state index contributed by atoms with van der Waals surface area (Å²) in [6.07, 6.45) is 1.41. The van der Waals surface area contributed by atoms with Crippen LogP contribution in [0.5, 0.6) is 0 Å². The number of carbonyl (C=O) groups is 2. The molecule has 0 saturated heterocycles. The summed E-state index contributed by atoms with van der Waals surface area (Å²) in [4.78, 5) is 25.3. The van der Waals surface area contributed by atoms with E-state index in [1.54, 1.807) is 12.1 Å². The van der Waals surface area contributed by atoms with Crippen LogP contribution in [0.1, 0.15) is 5.56 Å². The number of carbonyl (C=O) groups excluding carboxylic acids is 2. The molecule has 3 N–H and O–H groups in total. The van der Waals surface area contributed by atoms with E-state index in [0.29, 0.717) is 16.3 Å². The van der Waals surface area contributed by atoms with Crippen molar-refractivity contribution in [1.29, 1.82) is 0 Å². The van der Waals surface area contributed by atoms with Crippen molar-refractivity contribution in [3.05, 3.63) is 58.9 Å². The number of urea groups is 1. The maximum absolute atomic E-state index is 12.8. The molecule has 0 bridgehead atoms. The third kappa shape index (κ3) is 6.59. The monoisotopic (exact) mass is 391 g/mol. The predicted molar refractivity (Wildman–Crippen MR) is 105 cm³/mol. The van der Waals surface area contributed by atoms with Gasteiger partial charge in [-0.2, -0.15) is 5.10 Å². The van der Waals surface area contributed by atoms with Gasteiger partial charge in [0.25, 0.3) is 5.91 Å². The molecule has 0 unspecified atom stereocenters. The summed E-state index contributed by atoms with van der Waals surface area (Å²) < 4.78 is 12.8. The minimum atomic E-state index is -0.594. The number of halogens is 2. The van der Waals surface area contributed by atoms with Crippen molar-refractivity contribution in [2.24, 2.45) is 5.10 Å². The van der Waals surface area contributed by atoms with E-state index in [-0.39, 0.29) is 6.54 Å². The van der Waals surface area contributed by atoms with Gasteiger partial charge in [0.1, 0.15) is 12.4 Å². The van der Waals surface area contributed by atoms with Gasteiger partial charge in [-0.1, -0.05) is 11.6 Å². The first kappa shape index (κ1) is 20.2. The van der Waals surface area contributed by atoms with E-state index in [0.717, 1.165) is 5.69 Å². The first-order valence-corrected chi connectivity index (χ1v) is 8.32. The summed E-state index contributed by atoms with van der Waals surface area (Å²) in [7, 11) is 3.80. The van der Waals surface area contributed by atoms with Gasteiger partial charge in [-0.05, 0) is 42.5 Å². The molecule has 0 radical (unpaired) electrons. The number of benzene rings is 2. The predicted octanol–water partition coefficient (Wildman–Crippen LogP) is 2.82. The molecule has 9 heteroatoms. The lowest BCUT2D eigenvalue weighted by molar-refractivity contribution is -0.120.